The van der Waals surface area contributed by atoms with Crippen LogP contribution < -0.4 is 4.74 Å². The first-order valence-corrected chi connectivity index (χ1v) is 13.5. The molecule has 1 amide bonds. The summed E-state index contributed by atoms with van der Waals surface area (Å²) in [7, 11) is 0. The fraction of sp³-hybridized carbons (Fsp3) is 0.281. The van der Waals surface area contributed by atoms with Gasteiger partial charge < -0.3 is 14.1 Å². The molecule has 0 radical (unpaired) electrons. The molecule has 39 heavy (non-hydrogen) atoms. The molecular formula is C32H32ClFN2O3. The molecule has 5 nitrogen and oxygen atoms in total. The SMILES string of the molecule is CC(C)(c1ccccc1)c1ccc(OCc2ccc(C(=O)N3CCN(Cc4c(F)cccc4Cl)CC3)o2)cc1. The minimum atomic E-state index is -0.307. The normalized spacial score (nSPS) is 14.4. The number of amides is 1. The number of ether oxygens (including phenoxy) is 1. The fourth-order valence-corrected chi connectivity index (χ4v) is 5.11. The average molecular weight is 547 g/mol. The number of rotatable bonds is 8. The van der Waals surface area contributed by atoms with Crippen molar-refractivity contribution < 1.29 is 18.3 Å². The van der Waals surface area contributed by atoms with Crippen LogP contribution in [0.5, 0.6) is 5.75 Å². The van der Waals surface area contributed by atoms with Crippen LogP contribution in [0, 0.1) is 5.82 Å². The Morgan fingerprint density at radius 3 is 2.28 bits per heavy atom. The van der Waals surface area contributed by atoms with Crippen LogP contribution in [0.1, 0.15) is 46.9 Å². The van der Waals surface area contributed by atoms with Gasteiger partial charge in [-0.05, 0) is 47.5 Å². The number of nitrogens with zero attached hydrogens (tertiary/aromatic N) is 2. The molecule has 0 N–H and O–H groups in total. The Labute approximate surface area is 233 Å². The van der Waals surface area contributed by atoms with Gasteiger partial charge in [0, 0.05) is 48.7 Å². The Bertz CT molecular complexity index is 1390. The smallest absolute Gasteiger partial charge is 0.289 e. The molecule has 0 saturated carbocycles. The Hall–Kier alpha value is -3.61. The molecular weight excluding hydrogens is 515 g/mol. The summed E-state index contributed by atoms with van der Waals surface area (Å²) in [4.78, 5) is 16.9. The van der Waals surface area contributed by atoms with Crippen LogP contribution in [-0.2, 0) is 18.6 Å². The summed E-state index contributed by atoms with van der Waals surface area (Å²) in [5.41, 5.74) is 2.82. The van der Waals surface area contributed by atoms with Gasteiger partial charge in [-0.2, -0.15) is 0 Å². The van der Waals surface area contributed by atoms with E-state index >= 15 is 0 Å². The maximum absolute atomic E-state index is 14.1. The molecule has 7 heteroatoms. The Kier molecular flexibility index (Phi) is 8.05. The minimum absolute atomic E-state index is 0.119. The van der Waals surface area contributed by atoms with Crippen molar-refractivity contribution in [1.29, 1.82) is 0 Å². The van der Waals surface area contributed by atoms with E-state index in [4.69, 9.17) is 20.8 Å². The predicted molar refractivity (Wildman–Crippen MR) is 151 cm³/mol. The highest BCUT2D eigenvalue weighted by Crippen LogP contribution is 2.32. The van der Waals surface area contributed by atoms with Crippen LogP contribution in [-0.4, -0.2) is 41.9 Å². The number of piperazine rings is 1. The van der Waals surface area contributed by atoms with Gasteiger partial charge in [0.1, 0.15) is 23.9 Å². The van der Waals surface area contributed by atoms with Gasteiger partial charge in [0.25, 0.3) is 5.91 Å². The van der Waals surface area contributed by atoms with E-state index in [-0.39, 0.29) is 23.7 Å². The number of benzene rings is 3. The molecule has 202 valence electrons. The molecule has 0 unspecified atom stereocenters. The lowest BCUT2D eigenvalue weighted by Gasteiger charge is -2.34. The van der Waals surface area contributed by atoms with Crippen molar-refractivity contribution >= 4 is 17.5 Å². The topological polar surface area (TPSA) is 45.9 Å². The lowest BCUT2D eigenvalue weighted by Crippen LogP contribution is -2.48. The highest BCUT2D eigenvalue weighted by Gasteiger charge is 2.26. The maximum Gasteiger partial charge on any atom is 0.289 e. The molecule has 1 aromatic heterocycles. The van der Waals surface area contributed by atoms with E-state index in [2.05, 4.69) is 55.1 Å². The summed E-state index contributed by atoms with van der Waals surface area (Å²) in [6.07, 6.45) is 0. The van der Waals surface area contributed by atoms with E-state index in [1.807, 2.05) is 18.2 Å². The van der Waals surface area contributed by atoms with E-state index in [0.717, 1.165) is 5.75 Å². The predicted octanol–water partition coefficient (Wildman–Crippen LogP) is 6.94. The zero-order chi connectivity index (χ0) is 27.4. The zero-order valence-corrected chi connectivity index (χ0v) is 23.0. The van der Waals surface area contributed by atoms with Crippen molar-refractivity contribution in [3.63, 3.8) is 0 Å². The van der Waals surface area contributed by atoms with E-state index in [1.165, 1.54) is 17.2 Å². The molecule has 0 bridgehead atoms. The molecule has 1 saturated heterocycles. The van der Waals surface area contributed by atoms with Crippen LogP contribution in [0.3, 0.4) is 0 Å². The Morgan fingerprint density at radius 2 is 1.59 bits per heavy atom. The largest absolute Gasteiger partial charge is 0.486 e. The van der Waals surface area contributed by atoms with Crippen molar-refractivity contribution in [3.8, 4) is 5.75 Å². The molecule has 0 atom stereocenters. The van der Waals surface area contributed by atoms with Crippen molar-refractivity contribution in [2.24, 2.45) is 0 Å². The number of halogens is 2. The second-order valence-electron chi connectivity index (χ2n) is 10.3. The monoisotopic (exact) mass is 546 g/mol. The fourth-order valence-electron chi connectivity index (χ4n) is 4.89. The van der Waals surface area contributed by atoms with Crippen molar-refractivity contribution in [3.05, 3.63) is 124 Å². The third-order valence-corrected chi connectivity index (χ3v) is 7.78. The van der Waals surface area contributed by atoms with Gasteiger partial charge in [-0.1, -0.05) is 74.0 Å². The number of carbonyl (C=O) groups is 1. The van der Waals surface area contributed by atoms with E-state index in [1.54, 1.807) is 29.2 Å². The quantitative estimate of drug-likeness (QED) is 0.240. The summed E-state index contributed by atoms with van der Waals surface area (Å²) in [5, 5.41) is 0.422. The number of carbonyl (C=O) groups excluding carboxylic acids is 1. The first kappa shape index (κ1) is 27.0. The molecule has 1 aliphatic rings. The van der Waals surface area contributed by atoms with Crippen LogP contribution in [0.2, 0.25) is 5.02 Å². The third kappa shape index (κ3) is 6.18. The summed E-state index contributed by atoms with van der Waals surface area (Å²) in [6, 6.07) is 26.7. The van der Waals surface area contributed by atoms with Crippen molar-refractivity contribution in [2.45, 2.75) is 32.4 Å². The molecule has 0 aliphatic carbocycles. The van der Waals surface area contributed by atoms with E-state index in [0.29, 0.717) is 54.8 Å². The summed E-state index contributed by atoms with van der Waals surface area (Å²) in [5.74, 6) is 1.15. The van der Waals surface area contributed by atoms with Crippen LogP contribution in [0.15, 0.2) is 89.3 Å². The molecule has 4 aromatic rings. The summed E-state index contributed by atoms with van der Waals surface area (Å²) >= 11 is 6.17. The summed E-state index contributed by atoms with van der Waals surface area (Å²) in [6.45, 7) is 7.38. The van der Waals surface area contributed by atoms with Gasteiger partial charge >= 0.3 is 0 Å². The second-order valence-corrected chi connectivity index (χ2v) is 10.7. The van der Waals surface area contributed by atoms with Gasteiger partial charge in [-0.3, -0.25) is 9.69 Å². The number of furan rings is 1. The van der Waals surface area contributed by atoms with Gasteiger partial charge in [-0.25, -0.2) is 4.39 Å². The third-order valence-electron chi connectivity index (χ3n) is 7.43. The van der Waals surface area contributed by atoms with Crippen LogP contribution >= 0.6 is 11.6 Å². The molecule has 5 rings (SSSR count). The second kappa shape index (κ2) is 11.6. The maximum atomic E-state index is 14.1. The van der Waals surface area contributed by atoms with Gasteiger partial charge in [0.15, 0.2) is 5.76 Å². The van der Waals surface area contributed by atoms with Crippen molar-refractivity contribution in [2.75, 3.05) is 26.2 Å². The Morgan fingerprint density at radius 1 is 0.897 bits per heavy atom. The molecule has 0 spiro atoms. The highest BCUT2D eigenvalue weighted by atomic mass is 35.5. The highest BCUT2D eigenvalue weighted by molar-refractivity contribution is 6.31. The number of hydrogen-bond acceptors (Lipinski definition) is 4. The lowest BCUT2D eigenvalue weighted by molar-refractivity contribution is 0.0592. The van der Waals surface area contributed by atoms with Crippen LogP contribution in [0.25, 0.3) is 0 Å². The Balaban J connectivity index is 1.13. The lowest BCUT2D eigenvalue weighted by atomic mass is 9.78. The van der Waals surface area contributed by atoms with Crippen LogP contribution in [0.4, 0.5) is 4.39 Å². The molecule has 1 fully saturated rings. The van der Waals surface area contributed by atoms with Gasteiger partial charge in [0.05, 0.1) is 0 Å². The first-order chi connectivity index (χ1) is 18.8. The number of hydrogen-bond donors (Lipinski definition) is 0. The van der Waals surface area contributed by atoms with Gasteiger partial charge in [0.2, 0.25) is 0 Å². The summed E-state index contributed by atoms with van der Waals surface area (Å²) < 4.78 is 25.9. The molecule has 3 aromatic carbocycles. The standard InChI is InChI=1S/C32H32ClFN2O3/c1-32(2,23-7-4-3-5-8-23)24-11-13-25(14-12-24)38-22-26-15-16-30(39-26)31(37)36-19-17-35(18-20-36)21-27-28(33)9-6-10-29(27)34/h3-16H,17-22H2,1-2H3. The molecule has 2 heterocycles. The van der Waals surface area contributed by atoms with E-state index in [9.17, 15) is 9.18 Å². The minimum Gasteiger partial charge on any atom is -0.486 e. The first-order valence-electron chi connectivity index (χ1n) is 13.1. The molecule has 1 aliphatic heterocycles. The van der Waals surface area contributed by atoms with Gasteiger partial charge in [-0.15, -0.1) is 0 Å². The average Bonchev–Trinajstić information content (AvgIpc) is 3.44. The zero-order valence-electron chi connectivity index (χ0n) is 22.2. The van der Waals surface area contributed by atoms with Crippen molar-refractivity contribution in [1.82, 2.24) is 9.80 Å². The van der Waals surface area contributed by atoms with E-state index < -0.39 is 0 Å².